The van der Waals surface area contributed by atoms with Crippen molar-refractivity contribution in [2.45, 2.75) is 25.1 Å². The first-order valence-electron chi connectivity index (χ1n) is 10.6. The van der Waals surface area contributed by atoms with Gasteiger partial charge in [-0.05, 0) is 61.9 Å². The van der Waals surface area contributed by atoms with Gasteiger partial charge in [0.25, 0.3) is 0 Å². The number of aryl methyl sites for hydroxylation is 2. The standard InChI is InChI=1S/C25H26N4O3S/c1-17-4-9-23(18(2)14-17)32-15-21(30)16-33-25-28-27-24(19-10-12-26-13-11-19)29(25)20-5-7-22(31-3)8-6-20/h4-14,21,30H,15-16H2,1-3H3/t21-/m1/s1. The number of aliphatic hydroxyl groups is 1. The molecule has 7 nitrogen and oxygen atoms in total. The Bertz CT molecular complexity index is 1200. The summed E-state index contributed by atoms with van der Waals surface area (Å²) in [6.45, 7) is 4.24. The second-order valence-electron chi connectivity index (χ2n) is 7.62. The Morgan fingerprint density at radius 3 is 2.45 bits per heavy atom. The largest absolute Gasteiger partial charge is 0.497 e. The number of rotatable bonds is 9. The monoisotopic (exact) mass is 462 g/mol. The summed E-state index contributed by atoms with van der Waals surface area (Å²) in [7, 11) is 1.64. The fraction of sp³-hybridized carbons (Fsp3) is 0.240. The average Bonchev–Trinajstić information content (AvgIpc) is 3.27. The summed E-state index contributed by atoms with van der Waals surface area (Å²) in [5.74, 6) is 2.66. The van der Waals surface area contributed by atoms with E-state index in [1.165, 1.54) is 17.3 Å². The minimum atomic E-state index is -0.666. The SMILES string of the molecule is COc1ccc(-n2c(SC[C@H](O)COc3ccc(C)cc3C)nnc2-c2ccncc2)cc1. The van der Waals surface area contributed by atoms with Gasteiger partial charge in [-0.15, -0.1) is 10.2 Å². The zero-order valence-electron chi connectivity index (χ0n) is 18.8. The molecule has 33 heavy (non-hydrogen) atoms. The number of hydrogen-bond donors (Lipinski definition) is 1. The molecule has 2 heterocycles. The normalized spacial score (nSPS) is 11.9. The van der Waals surface area contributed by atoms with Crippen molar-refractivity contribution in [3.05, 3.63) is 78.1 Å². The zero-order valence-corrected chi connectivity index (χ0v) is 19.6. The lowest BCUT2D eigenvalue weighted by Crippen LogP contribution is -2.20. The Morgan fingerprint density at radius 2 is 1.76 bits per heavy atom. The highest BCUT2D eigenvalue weighted by Crippen LogP contribution is 2.29. The van der Waals surface area contributed by atoms with Crippen LogP contribution in [0.3, 0.4) is 0 Å². The predicted molar refractivity (Wildman–Crippen MR) is 129 cm³/mol. The Morgan fingerprint density at radius 1 is 1.00 bits per heavy atom. The van der Waals surface area contributed by atoms with E-state index in [1.807, 2.05) is 66.9 Å². The summed E-state index contributed by atoms with van der Waals surface area (Å²) >= 11 is 1.43. The number of pyridine rings is 1. The van der Waals surface area contributed by atoms with E-state index in [2.05, 4.69) is 21.2 Å². The van der Waals surface area contributed by atoms with Gasteiger partial charge in [-0.3, -0.25) is 9.55 Å². The molecule has 0 saturated heterocycles. The predicted octanol–water partition coefficient (Wildman–Crippen LogP) is 4.49. The molecule has 0 aliphatic heterocycles. The van der Waals surface area contributed by atoms with Crippen LogP contribution >= 0.6 is 11.8 Å². The molecule has 0 saturated carbocycles. The molecular formula is C25H26N4O3S. The van der Waals surface area contributed by atoms with Crippen molar-refractivity contribution >= 4 is 11.8 Å². The molecule has 2 aromatic heterocycles. The summed E-state index contributed by atoms with van der Waals surface area (Å²) in [5, 5.41) is 20.0. The van der Waals surface area contributed by atoms with Crippen molar-refractivity contribution in [1.29, 1.82) is 0 Å². The molecule has 0 aliphatic rings. The maximum absolute atomic E-state index is 10.5. The van der Waals surface area contributed by atoms with Crippen LogP contribution in [0.5, 0.6) is 11.5 Å². The first-order valence-corrected chi connectivity index (χ1v) is 11.5. The fourth-order valence-electron chi connectivity index (χ4n) is 3.38. The van der Waals surface area contributed by atoms with Crippen LogP contribution in [-0.2, 0) is 0 Å². The smallest absolute Gasteiger partial charge is 0.196 e. The number of ether oxygens (including phenoxy) is 2. The maximum atomic E-state index is 10.5. The molecule has 4 aromatic rings. The Labute approximate surface area is 197 Å². The van der Waals surface area contributed by atoms with Crippen LogP contribution in [0.4, 0.5) is 0 Å². The van der Waals surface area contributed by atoms with Crippen LogP contribution in [-0.4, -0.2) is 50.4 Å². The Balaban J connectivity index is 1.51. The van der Waals surface area contributed by atoms with Crippen molar-refractivity contribution in [2.24, 2.45) is 0 Å². The van der Waals surface area contributed by atoms with Crippen LogP contribution < -0.4 is 9.47 Å². The molecule has 0 unspecified atom stereocenters. The van der Waals surface area contributed by atoms with E-state index in [1.54, 1.807) is 19.5 Å². The Kier molecular flexibility index (Phi) is 7.26. The highest BCUT2D eigenvalue weighted by molar-refractivity contribution is 7.99. The summed E-state index contributed by atoms with van der Waals surface area (Å²) < 4.78 is 13.1. The van der Waals surface area contributed by atoms with E-state index in [0.717, 1.165) is 28.3 Å². The maximum Gasteiger partial charge on any atom is 0.196 e. The average molecular weight is 463 g/mol. The van der Waals surface area contributed by atoms with Crippen LogP contribution in [0.15, 0.2) is 72.1 Å². The number of hydrogen-bond acceptors (Lipinski definition) is 7. The lowest BCUT2D eigenvalue weighted by molar-refractivity contribution is 0.126. The van der Waals surface area contributed by atoms with Gasteiger partial charge in [0.05, 0.1) is 13.2 Å². The van der Waals surface area contributed by atoms with E-state index in [9.17, 15) is 5.11 Å². The lowest BCUT2D eigenvalue weighted by atomic mass is 10.1. The number of thioether (sulfide) groups is 1. The molecule has 1 atom stereocenters. The molecule has 2 aromatic carbocycles. The minimum absolute atomic E-state index is 0.199. The summed E-state index contributed by atoms with van der Waals surface area (Å²) in [4.78, 5) is 4.09. The highest BCUT2D eigenvalue weighted by atomic mass is 32.2. The molecule has 8 heteroatoms. The molecule has 4 rings (SSSR count). The van der Waals surface area contributed by atoms with Gasteiger partial charge in [-0.1, -0.05) is 29.5 Å². The molecule has 170 valence electrons. The third kappa shape index (κ3) is 5.53. The first kappa shape index (κ1) is 22.8. The van der Waals surface area contributed by atoms with Gasteiger partial charge in [-0.2, -0.15) is 0 Å². The second-order valence-corrected chi connectivity index (χ2v) is 8.61. The Hall–Kier alpha value is -3.36. The number of nitrogens with zero attached hydrogens (tertiary/aromatic N) is 4. The van der Waals surface area contributed by atoms with Crippen LogP contribution in [0.2, 0.25) is 0 Å². The van der Waals surface area contributed by atoms with E-state index < -0.39 is 6.10 Å². The lowest BCUT2D eigenvalue weighted by Gasteiger charge is -2.15. The van der Waals surface area contributed by atoms with Crippen LogP contribution in [0.25, 0.3) is 17.1 Å². The third-order valence-electron chi connectivity index (χ3n) is 5.07. The summed E-state index contributed by atoms with van der Waals surface area (Å²) in [6, 6.07) is 17.5. The number of aromatic nitrogens is 4. The number of aliphatic hydroxyl groups excluding tert-OH is 1. The molecule has 0 radical (unpaired) electrons. The highest BCUT2D eigenvalue weighted by Gasteiger charge is 2.18. The van der Waals surface area contributed by atoms with Crippen molar-refractivity contribution in [2.75, 3.05) is 19.5 Å². The molecule has 0 aliphatic carbocycles. The molecular weight excluding hydrogens is 436 g/mol. The van der Waals surface area contributed by atoms with Crippen molar-refractivity contribution < 1.29 is 14.6 Å². The number of methoxy groups -OCH3 is 1. The van der Waals surface area contributed by atoms with E-state index in [0.29, 0.717) is 16.7 Å². The quantitative estimate of drug-likeness (QED) is 0.367. The summed E-state index contributed by atoms with van der Waals surface area (Å²) in [5.41, 5.74) is 4.03. The van der Waals surface area contributed by atoms with Crippen molar-refractivity contribution in [3.8, 4) is 28.6 Å². The van der Waals surface area contributed by atoms with Crippen molar-refractivity contribution in [1.82, 2.24) is 19.7 Å². The van der Waals surface area contributed by atoms with Gasteiger partial charge in [0.15, 0.2) is 11.0 Å². The topological polar surface area (TPSA) is 82.3 Å². The minimum Gasteiger partial charge on any atom is -0.497 e. The van der Waals surface area contributed by atoms with Crippen molar-refractivity contribution in [3.63, 3.8) is 0 Å². The first-order chi connectivity index (χ1) is 16.0. The van der Waals surface area contributed by atoms with Gasteiger partial charge < -0.3 is 14.6 Å². The fourth-order valence-corrected chi connectivity index (χ4v) is 4.24. The van der Waals surface area contributed by atoms with Gasteiger partial charge in [0, 0.05) is 29.4 Å². The van der Waals surface area contributed by atoms with Gasteiger partial charge >= 0.3 is 0 Å². The molecule has 0 spiro atoms. The molecule has 0 amide bonds. The molecule has 1 N–H and O–H groups in total. The van der Waals surface area contributed by atoms with E-state index in [4.69, 9.17) is 9.47 Å². The van der Waals surface area contributed by atoms with E-state index >= 15 is 0 Å². The summed E-state index contributed by atoms with van der Waals surface area (Å²) in [6.07, 6.45) is 2.79. The van der Waals surface area contributed by atoms with Crippen LogP contribution in [0, 0.1) is 13.8 Å². The van der Waals surface area contributed by atoms with Gasteiger partial charge in [0.2, 0.25) is 0 Å². The van der Waals surface area contributed by atoms with Crippen LogP contribution in [0.1, 0.15) is 11.1 Å². The zero-order chi connectivity index (χ0) is 23.2. The third-order valence-corrected chi connectivity index (χ3v) is 6.14. The molecule has 0 bridgehead atoms. The van der Waals surface area contributed by atoms with E-state index in [-0.39, 0.29) is 6.61 Å². The van der Waals surface area contributed by atoms with Gasteiger partial charge in [-0.25, -0.2) is 0 Å². The van der Waals surface area contributed by atoms with Gasteiger partial charge in [0.1, 0.15) is 18.1 Å². The number of benzene rings is 2. The second kappa shape index (κ2) is 10.5. The molecule has 0 fully saturated rings.